The van der Waals surface area contributed by atoms with E-state index in [4.69, 9.17) is 4.74 Å². The Morgan fingerprint density at radius 1 is 1.33 bits per heavy atom. The van der Waals surface area contributed by atoms with Crippen molar-refractivity contribution in [3.05, 3.63) is 29.8 Å². The molecule has 0 heterocycles. The van der Waals surface area contributed by atoms with Crippen LogP contribution in [0.15, 0.2) is 24.3 Å². The van der Waals surface area contributed by atoms with Crippen LogP contribution in [0.3, 0.4) is 0 Å². The van der Waals surface area contributed by atoms with Gasteiger partial charge in [0.1, 0.15) is 5.75 Å². The molecule has 1 saturated carbocycles. The van der Waals surface area contributed by atoms with Crippen molar-refractivity contribution in [3.63, 3.8) is 0 Å². The third-order valence-corrected chi connectivity index (χ3v) is 3.57. The molecule has 1 aromatic carbocycles. The van der Waals surface area contributed by atoms with Crippen LogP contribution in [-0.2, 0) is 4.79 Å². The molecule has 0 aromatic heterocycles. The fraction of sp³-hybridized carbons (Fsp3) is 0.438. The summed E-state index contributed by atoms with van der Waals surface area (Å²) >= 11 is 0. The van der Waals surface area contributed by atoms with Crippen molar-refractivity contribution in [1.82, 2.24) is 5.32 Å². The van der Waals surface area contributed by atoms with Crippen molar-refractivity contribution < 1.29 is 44.2 Å². The summed E-state index contributed by atoms with van der Waals surface area (Å²) in [5.41, 5.74) is 0.728. The quantitative estimate of drug-likeness (QED) is 0.587. The molecule has 5 heteroatoms. The number of hydrogen-bond acceptors (Lipinski definition) is 3. The Morgan fingerprint density at radius 2 is 2.05 bits per heavy atom. The van der Waals surface area contributed by atoms with Crippen molar-refractivity contribution in [3.8, 4) is 11.5 Å². The summed E-state index contributed by atoms with van der Waals surface area (Å²) in [5, 5.41) is 14.2. The van der Waals surface area contributed by atoms with Gasteiger partial charge in [0.05, 0.1) is 7.11 Å². The number of nitrogens with one attached hydrogen (secondary N) is 1. The molecule has 0 unspecified atom stereocenters. The number of rotatable bonds is 4. The van der Waals surface area contributed by atoms with E-state index in [1.165, 1.54) is 44.6 Å². The van der Waals surface area contributed by atoms with E-state index in [1.54, 1.807) is 12.1 Å². The second-order valence-corrected chi connectivity index (χ2v) is 5.08. The smallest absolute Gasteiger partial charge is 0.872 e. The van der Waals surface area contributed by atoms with E-state index in [0.717, 1.165) is 18.4 Å². The zero-order valence-corrected chi connectivity index (χ0v) is 14.7. The molecule has 0 atom stereocenters. The third-order valence-electron chi connectivity index (χ3n) is 3.57. The van der Waals surface area contributed by atoms with Gasteiger partial charge in [-0.25, -0.2) is 0 Å². The van der Waals surface area contributed by atoms with Gasteiger partial charge in [0.15, 0.2) is 0 Å². The Kier molecular flexibility index (Phi) is 7.86. The Hall–Kier alpha value is -0.970. The fourth-order valence-corrected chi connectivity index (χ4v) is 2.49. The van der Waals surface area contributed by atoms with Crippen molar-refractivity contribution in [2.75, 3.05) is 7.11 Å². The average molecular weight is 297 g/mol. The molecule has 1 aromatic rings. The van der Waals surface area contributed by atoms with Gasteiger partial charge in [-0.05, 0) is 25.0 Å². The molecule has 108 valence electrons. The summed E-state index contributed by atoms with van der Waals surface area (Å²) in [4.78, 5) is 11.9. The maximum atomic E-state index is 11.9. The van der Waals surface area contributed by atoms with Gasteiger partial charge in [-0.2, -0.15) is 0 Å². The summed E-state index contributed by atoms with van der Waals surface area (Å²) in [6, 6.07) is 4.83. The van der Waals surface area contributed by atoms with Gasteiger partial charge in [0.25, 0.3) is 0 Å². The summed E-state index contributed by atoms with van der Waals surface area (Å²) < 4.78 is 5.13. The van der Waals surface area contributed by atoms with Gasteiger partial charge in [-0.1, -0.05) is 31.4 Å². The standard InChI is InChI=1S/C16H21NO3.Na/c1-20-15-11-14(18)9-7-12(15)8-10-16(19)17-13-5-3-2-4-6-13;/h7-11,13,18H,2-6H2,1H3,(H,17,19);/q;+1/p-1. The molecular formula is C16H20NNaO3. The summed E-state index contributed by atoms with van der Waals surface area (Å²) in [7, 11) is 1.51. The Labute approximate surface area is 147 Å². The largest absolute Gasteiger partial charge is 1.00 e. The van der Waals surface area contributed by atoms with Crippen molar-refractivity contribution in [2.24, 2.45) is 0 Å². The molecule has 1 aliphatic carbocycles. The second-order valence-electron chi connectivity index (χ2n) is 5.08. The first-order valence-corrected chi connectivity index (χ1v) is 7.02. The summed E-state index contributed by atoms with van der Waals surface area (Å²) in [6.07, 6.45) is 8.94. The molecule has 0 radical (unpaired) electrons. The Morgan fingerprint density at radius 3 is 2.71 bits per heavy atom. The predicted octanol–water partition coefficient (Wildman–Crippen LogP) is -0.765. The first-order valence-electron chi connectivity index (χ1n) is 7.02. The molecule has 0 aliphatic heterocycles. The minimum Gasteiger partial charge on any atom is -0.872 e. The monoisotopic (exact) mass is 297 g/mol. The first kappa shape index (κ1) is 18.1. The van der Waals surface area contributed by atoms with Crippen molar-refractivity contribution in [2.45, 2.75) is 38.1 Å². The maximum absolute atomic E-state index is 11.9. The van der Waals surface area contributed by atoms with E-state index in [0.29, 0.717) is 11.8 Å². The van der Waals surface area contributed by atoms with Gasteiger partial charge >= 0.3 is 29.6 Å². The first-order chi connectivity index (χ1) is 9.69. The molecule has 0 bridgehead atoms. The number of amides is 1. The Balaban J connectivity index is 0.00000220. The summed E-state index contributed by atoms with van der Waals surface area (Å²) in [6.45, 7) is 0. The minimum atomic E-state index is -0.106. The molecule has 0 spiro atoms. The number of benzene rings is 1. The second kappa shape index (κ2) is 9.13. The van der Waals surface area contributed by atoms with Crippen LogP contribution in [-0.4, -0.2) is 19.1 Å². The van der Waals surface area contributed by atoms with Crippen LogP contribution in [0.25, 0.3) is 6.08 Å². The van der Waals surface area contributed by atoms with E-state index in [-0.39, 0.29) is 41.2 Å². The maximum Gasteiger partial charge on any atom is 1.00 e. The third kappa shape index (κ3) is 5.73. The molecule has 4 nitrogen and oxygen atoms in total. The normalized spacial score (nSPS) is 15.5. The SMILES string of the molecule is COc1cc([O-])ccc1C=CC(=O)NC1CCCCC1.[Na+]. The van der Waals surface area contributed by atoms with Gasteiger partial charge in [0, 0.05) is 17.7 Å². The molecular weight excluding hydrogens is 277 g/mol. The van der Waals surface area contributed by atoms with E-state index >= 15 is 0 Å². The fourth-order valence-electron chi connectivity index (χ4n) is 2.49. The predicted molar refractivity (Wildman–Crippen MR) is 76.5 cm³/mol. The van der Waals surface area contributed by atoms with Crippen LogP contribution < -0.4 is 44.7 Å². The van der Waals surface area contributed by atoms with Crippen LogP contribution in [0, 0.1) is 0 Å². The number of ether oxygens (including phenoxy) is 1. The zero-order chi connectivity index (χ0) is 14.4. The van der Waals surface area contributed by atoms with E-state index in [1.807, 2.05) is 0 Å². The topological polar surface area (TPSA) is 61.4 Å². The molecule has 21 heavy (non-hydrogen) atoms. The molecule has 0 saturated heterocycles. The van der Waals surface area contributed by atoms with E-state index < -0.39 is 0 Å². The van der Waals surface area contributed by atoms with Crippen LogP contribution in [0.2, 0.25) is 0 Å². The van der Waals surface area contributed by atoms with Gasteiger partial charge in [0.2, 0.25) is 5.91 Å². The summed E-state index contributed by atoms with van der Waals surface area (Å²) in [5.74, 6) is 0.287. The average Bonchev–Trinajstić information content (AvgIpc) is 2.47. The molecule has 1 amide bonds. The number of methoxy groups -OCH3 is 1. The van der Waals surface area contributed by atoms with Crippen molar-refractivity contribution in [1.29, 1.82) is 0 Å². The number of hydrogen-bond donors (Lipinski definition) is 1. The van der Waals surface area contributed by atoms with E-state index in [9.17, 15) is 9.90 Å². The number of carbonyl (C=O) groups is 1. The van der Waals surface area contributed by atoms with Crippen LogP contribution >= 0.6 is 0 Å². The van der Waals surface area contributed by atoms with Gasteiger partial charge < -0.3 is 15.2 Å². The van der Waals surface area contributed by atoms with E-state index in [2.05, 4.69) is 5.32 Å². The number of carbonyl (C=O) groups excluding carboxylic acids is 1. The molecule has 1 N–H and O–H groups in total. The molecule has 1 fully saturated rings. The van der Waals surface area contributed by atoms with Gasteiger partial charge in [-0.15, -0.1) is 5.75 Å². The molecule has 1 aliphatic rings. The van der Waals surface area contributed by atoms with Crippen LogP contribution in [0.4, 0.5) is 0 Å². The minimum absolute atomic E-state index is 0. The van der Waals surface area contributed by atoms with Gasteiger partial charge in [-0.3, -0.25) is 4.79 Å². The Bertz CT molecular complexity index is 496. The molecule has 2 rings (SSSR count). The van der Waals surface area contributed by atoms with Crippen LogP contribution in [0.5, 0.6) is 11.5 Å². The van der Waals surface area contributed by atoms with Crippen molar-refractivity contribution >= 4 is 12.0 Å². The zero-order valence-electron chi connectivity index (χ0n) is 12.7. The van der Waals surface area contributed by atoms with Crippen LogP contribution in [0.1, 0.15) is 37.7 Å².